The van der Waals surface area contributed by atoms with Gasteiger partial charge in [-0.2, -0.15) is 10.4 Å². The third-order valence-corrected chi connectivity index (χ3v) is 4.27. The molecule has 0 aromatic heterocycles. The van der Waals surface area contributed by atoms with Gasteiger partial charge < -0.3 is 9.47 Å². The van der Waals surface area contributed by atoms with Crippen molar-refractivity contribution < 1.29 is 14.4 Å². The highest BCUT2D eigenvalue weighted by Gasteiger charge is 2.08. The van der Waals surface area contributed by atoms with E-state index in [4.69, 9.17) is 9.47 Å². The summed E-state index contributed by atoms with van der Waals surface area (Å²) in [5.41, 5.74) is 5.62. The molecule has 0 fully saturated rings. The number of anilines is 1. The second kappa shape index (κ2) is 10.4. The molecule has 0 aliphatic rings. The molecular weight excluding hydrogens is 396 g/mol. The highest BCUT2D eigenvalue weighted by molar-refractivity contribution is 5.81. The molecule has 1 N–H and O–H groups in total. The first-order chi connectivity index (χ1) is 15.1. The van der Waals surface area contributed by atoms with Crippen LogP contribution in [0, 0.1) is 21.4 Å². The monoisotopic (exact) mass is 416 g/mol. The van der Waals surface area contributed by atoms with Crippen LogP contribution < -0.4 is 14.9 Å². The zero-order valence-corrected chi connectivity index (χ0v) is 16.8. The Balaban J connectivity index is 1.68. The predicted octanol–water partition coefficient (Wildman–Crippen LogP) is 4.89. The van der Waals surface area contributed by atoms with Crippen molar-refractivity contribution in [1.29, 1.82) is 5.26 Å². The number of hydrogen-bond acceptors (Lipinski definition) is 7. The summed E-state index contributed by atoms with van der Waals surface area (Å²) in [7, 11) is 0. The maximum absolute atomic E-state index is 10.7. The highest BCUT2D eigenvalue weighted by Crippen LogP contribution is 2.29. The first-order valence-electron chi connectivity index (χ1n) is 9.52. The van der Waals surface area contributed by atoms with Crippen molar-refractivity contribution >= 4 is 17.6 Å². The first-order valence-corrected chi connectivity index (χ1v) is 9.52. The number of rotatable bonds is 9. The van der Waals surface area contributed by atoms with Gasteiger partial charge in [-0.25, -0.2) is 0 Å². The molecule has 0 saturated heterocycles. The summed E-state index contributed by atoms with van der Waals surface area (Å²) in [6.07, 6.45) is 1.61. The van der Waals surface area contributed by atoms with Crippen molar-refractivity contribution in [3.63, 3.8) is 0 Å². The third kappa shape index (κ3) is 5.81. The number of ether oxygens (including phenoxy) is 2. The predicted molar refractivity (Wildman–Crippen MR) is 117 cm³/mol. The fourth-order valence-corrected chi connectivity index (χ4v) is 2.74. The van der Waals surface area contributed by atoms with E-state index in [1.165, 1.54) is 12.1 Å². The summed E-state index contributed by atoms with van der Waals surface area (Å²) in [6.45, 7) is 2.59. The topological polar surface area (TPSA) is 110 Å². The Kier molecular flexibility index (Phi) is 7.16. The van der Waals surface area contributed by atoms with E-state index in [2.05, 4.69) is 16.6 Å². The number of hydrazone groups is 1. The van der Waals surface area contributed by atoms with Crippen LogP contribution in [-0.2, 0) is 6.61 Å². The molecule has 0 radical (unpaired) electrons. The summed E-state index contributed by atoms with van der Waals surface area (Å²) >= 11 is 0. The van der Waals surface area contributed by atoms with Gasteiger partial charge in [0.2, 0.25) is 0 Å². The molecule has 0 heterocycles. The number of hydrogen-bond donors (Lipinski definition) is 1. The average Bonchev–Trinajstić information content (AvgIpc) is 2.79. The van der Waals surface area contributed by atoms with Crippen molar-refractivity contribution in [1.82, 2.24) is 0 Å². The third-order valence-electron chi connectivity index (χ3n) is 4.27. The molecule has 0 amide bonds. The standard InChI is InChI=1S/C23H20N4O4/c1-2-30-23-13-17(15-25-26-20-8-10-21(11-9-20)27(28)29)7-12-22(23)31-16-19-6-4-3-5-18(19)14-24/h3-13,15,26H,2,16H2,1H3/b25-15-. The molecule has 3 aromatic rings. The molecule has 8 nitrogen and oxygen atoms in total. The maximum Gasteiger partial charge on any atom is 0.269 e. The maximum atomic E-state index is 10.7. The molecule has 0 aliphatic carbocycles. The zero-order valence-electron chi connectivity index (χ0n) is 16.8. The second-order valence-corrected chi connectivity index (χ2v) is 6.37. The van der Waals surface area contributed by atoms with Crippen molar-refractivity contribution in [2.24, 2.45) is 5.10 Å². The Morgan fingerprint density at radius 2 is 1.87 bits per heavy atom. The van der Waals surface area contributed by atoms with E-state index in [0.29, 0.717) is 29.4 Å². The lowest BCUT2D eigenvalue weighted by Crippen LogP contribution is -2.02. The number of benzene rings is 3. The van der Waals surface area contributed by atoms with Crippen LogP contribution in [0.5, 0.6) is 11.5 Å². The summed E-state index contributed by atoms with van der Waals surface area (Å²) in [5.74, 6) is 1.13. The lowest BCUT2D eigenvalue weighted by atomic mass is 10.1. The molecule has 0 unspecified atom stereocenters. The quantitative estimate of drug-likeness (QED) is 0.302. The van der Waals surface area contributed by atoms with Gasteiger partial charge in [-0.1, -0.05) is 18.2 Å². The minimum Gasteiger partial charge on any atom is -0.490 e. The number of nitrogens with zero attached hydrogens (tertiary/aromatic N) is 3. The van der Waals surface area contributed by atoms with Gasteiger partial charge in [0.15, 0.2) is 11.5 Å². The number of nitro groups is 1. The van der Waals surface area contributed by atoms with Crippen LogP contribution in [0.25, 0.3) is 0 Å². The van der Waals surface area contributed by atoms with Crippen molar-refractivity contribution in [2.45, 2.75) is 13.5 Å². The summed E-state index contributed by atoms with van der Waals surface area (Å²) in [4.78, 5) is 10.2. The highest BCUT2D eigenvalue weighted by atomic mass is 16.6. The summed E-state index contributed by atoms with van der Waals surface area (Å²) in [5, 5.41) is 24.1. The Labute approximate surface area is 179 Å². The summed E-state index contributed by atoms with van der Waals surface area (Å²) in [6, 6.07) is 20.8. The van der Waals surface area contributed by atoms with Gasteiger partial charge in [0.25, 0.3) is 5.69 Å². The van der Waals surface area contributed by atoms with Crippen molar-refractivity contribution in [3.8, 4) is 17.6 Å². The van der Waals surface area contributed by atoms with Gasteiger partial charge in [0, 0.05) is 17.7 Å². The van der Waals surface area contributed by atoms with Gasteiger partial charge in [-0.3, -0.25) is 15.5 Å². The molecule has 31 heavy (non-hydrogen) atoms. The van der Waals surface area contributed by atoms with Crippen LogP contribution in [0.1, 0.15) is 23.6 Å². The van der Waals surface area contributed by atoms with E-state index in [-0.39, 0.29) is 12.3 Å². The van der Waals surface area contributed by atoms with E-state index in [9.17, 15) is 15.4 Å². The van der Waals surface area contributed by atoms with Crippen molar-refractivity contribution in [2.75, 3.05) is 12.0 Å². The molecule has 0 bridgehead atoms. The van der Waals surface area contributed by atoms with Crippen LogP contribution in [-0.4, -0.2) is 17.7 Å². The zero-order chi connectivity index (χ0) is 22.1. The first kappa shape index (κ1) is 21.3. The number of nitriles is 1. The molecule has 0 spiro atoms. The van der Waals surface area contributed by atoms with E-state index in [1.807, 2.05) is 31.2 Å². The summed E-state index contributed by atoms with van der Waals surface area (Å²) < 4.78 is 11.6. The lowest BCUT2D eigenvalue weighted by Gasteiger charge is -2.13. The Morgan fingerprint density at radius 1 is 1.10 bits per heavy atom. The average molecular weight is 416 g/mol. The van der Waals surface area contributed by atoms with Gasteiger partial charge in [0.1, 0.15) is 6.61 Å². The Hall–Kier alpha value is -4.38. The molecule has 156 valence electrons. The largest absolute Gasteiger partial charge is 0.490 e. The molecule has 3 rings (SSSR count). The van der Waals surface area contributed by atoms with Crippen LogP contribution in [0.15, 0.2) is 71.8 Å². The van der Waals surface area contributed by atoms with E-state index >= 15 is 0 Å². The number of nitro benzene ring substituents is 1. The SMILES string of the molecule is CCOc1cc(/C=N\Nc2ccc([N+](=O)[O-])cc2)ccc1OCc1ccccc1C#N. The van der Waals surface area contributed by atoms with Gasteiger partial charge in [-0.15, -0.1) is 0 Å². The van der Waals surface area contributed by atoms with Gasteiger partial charge in [0.05, 0.1) is 35.1 Å². The van der Waals surface area contributed by atoms with Crippen molar-refractivity contribution in [3.05, 3.63) is 93.5 Å². The van der Waals surface area contributed by atoms with Crippen LogP contribution >= 0.6 is 0 Å². The molecule has 0 atom stereocenters. The Bertz CT molecular complexity index is 1120. The molecule has 8 heteroatoms. The minimum atomic E-state index is -0.454. The van der Waals surface area contributed by atoms with Crippen LogP contribution in [0.2, 0.25) is 0 Å². The van der Waals surface area contributed by atoms with Crippen LogP contribution in [0.3, 0.4) is 0 Å². The number of nitrogens with one attached hydrogen (secondary N) is 1. The lowest BCUT2D eigenvalue weighted by molar-refractivity contribution is -0.384. The smallest absolute Gasteiger partial charge is 0.269 e. The molecular formula is C23H20N4O4. The molecule has 0 aliphatic heterocycles. The van der Waals surface area contributed by atoms with Gasteiger partial charge >= 0.3 is 0 Å². The second-order valence-electron chi connectivity index (χ2n) is 6.37. The fraction of sp³-hybridized carbons (Fsp3) is 0.130. The molecule has 0 saturated carbocycles. The van der Waals surface area contributed by atoms with E-state index < -0.39 is 4.92 Å². The van der Waals surface area contributed by atoms with Gasteiger partial charge in [-0.05, 0) is 48.9 Å². The van der Waals surface area contributed by atoms with Crippen LogP contribution in [0.4, 0.5) is 11.4 Å². The normalized spacial score (nSPS) is 10.5. The fourth-order valence-electron chi connectivity index (χ4n) is 2.74. The number of non-ortho nitro benzene ring substituents is 1. The minimum absolute atomic E-state index is 0.0175. The molecule has 3 aromatic carbocycles. The van der Waals surface area contributed by atoms with E-state index in [0.717, 1.165) is 11.1 Å². The Morgan fingerprint density at radius 3 is 2.58 bits per heavy atom. The van der Waals surface area contributed by atoms with E-state index in [1.54, 1.807) is 36.5 Å².